The summed E-state index contributed by atoms with van der Waals surface area (Å²) in [6.07, 6.45) is 6.41. The summed E-state index contributed by atoms with van der Waals surface area (Å²) in [5.41, 5.74) is 2.22. The number of ketones is 1. The van der Waals surface area contributed by atoms with E-state index in [1.165, 1.54) is 0 Å². The fraction of sp³-hybridized carbons (Fsp3) is 0.526. The van der Waals surface area contributed by atoms with Crippen LogP contribution >= 0.6 is 0 Å². The molecule has 0 radical (unpaired) electrons. The third-order valence-corrected chi connectivity index (χ3v) is 4.24. The van der Waals surface area contributed by atoms with Gasteiger partial charge in [-0.3, -0.25) is 4.79 Å². The van der Waals surface area contributed by atoms with Gasteiger partial charge in [0.05, 0.1) is 12.5 Å². The first-order valence-corrected chi connectivity index (χ1v) is 8.15. The van der Waals surface area contributed by atoms with Crippen LogP contribution in [0.2, 0.25) is 0 Å². The molecule has 0 fully saturated rings. The highest BCUT2D eigenvalue weighted by Crippen LogP contribution is 2.30. The van der Waals surface area contributed by atoms with Gasteiger partial charge in [0.2, 0.25) is 0 Å². The normalized spacial score (nSPS) is 14.0. The summed E-state index contributed by atoms with van der Waals surface area (Å²) in [6, 6.07) is 4.07. The van der Waals surface area contributed by atoms with E-state index in [4.69, 9.17) is 8.83 Å². The van der Waals surface area contributed by atoms with Crippen LogP contribution in [0.25, 0.3) is 0 Å². The first kappa shape index (κ1) is 16.6. The number of furan rings is 2. The van der Waals surface area contributed by atoms with Crippen LogP contribution in [-0.2, 0) is 4.79 Å². The Labute approximate surface area is 132 Å². The third kappa shape index (κ3) is 4.12. The molecule has 0 saturated heterocycles. The quantitative estimate of drug-likeness (QED) is 0.644. The summed E-state index contributed by atoms with van der Waals surface area (Å²) >= 11 is 0. The molecule has 0 N–H and O–H groups in total. The van der Waals surface area contributed by atoms with E-state index in [0.29, 0.717) is 12.8 Å². The lowest BCUT2D eigenvalue weighted by Crippen LogP contribution is -2.10. The van der Waals surface area contributed by atoms with Gasteiger partial charge in [-0.15, -0.1) is 0 Å². The second kappa shape index (κ2) is 7.48. The average molecular weight is 302 g/mol. The Morgan fingerprint density at radius 2 is 1.32 bits per heavy atom. The van der Waals surface area contributed by atoms with Gasteiger partial charge in [0.1, 0.15) is 17.3 Å². The molecule has 0 saturated carbocycles. The number of hydrogen-bond acceptors (Lipinski definition) is 3. The van der Waals surface area contributed by atoms with Crippen molar-refractivity contribution in [1.82, 2.24) is 0 Å². The SMILES string of the molecule is CCC(CC(=O)CC(CC)c1cc(C)co1)c1cc(C)co1. The smallest absolute Gasteiger partial charge is 0.134 e. The van der Waals surface area contributed by atoms with E-state index in [9.17, 15) is 4.79 Å². The Balaban J connectivity index is 1.98. The Kier molecular flexibility index (Phi) is 5.64. The predicted octanol–water partition coefficient (Wildman–Crippen LogP) is 5.53. The highest BCUT2D eigenvalue weighted by molar-refractivity contribution is 5.80. The fourth-order valence-corrected chi connectivity index (χ4v) is 2.86. The fourth-order valence-electron chi connectivity index (χ4n) is 2.86. The van der Waals surface area contributed by atoms with E-state index in [-0.39, 0.29) is 17.6 Å². The maximum atomic E-state index is 12.5. The van der Waals surface area contributed by atoms with Gasteiger partial charge in [0.15, 0.2) is 0 Å². The number of carbonyl (C=O) groups is 1. The maximum Gasteiger partial charge on any atom is 0.134 e. The molecule has 3 nitrogen and oxygen atoms in total. The number of hydrogen-bond donors (Lipinski definition) is 0. The van der Waals surface area contributed by atoms with Crippen LogP contribution in [0.3, 0.4) is 0 Å². The molecule has 0 amide bonds. The molecular weight excluding hydrogens is 276 g/mol. The second-order valence-electron chi connectivity index (χ2n) is 6.21. The van der Waals surface area contributed by atoms with Crippen molar-refractivity contribution >= 4 is 5.78 Å². The van der Waals surface area contributed by atoms with Crippen LogP contribution < -0.4 is 0 Å². The van der Waals surface area contributed by atoms with E-state index >= 15 is 0 Å². The van der Waals surface area contributed by atoms with Crippen LogP contribution in [0.1, 0.15) is 74.0 Å². The minimum absolute atomic E-state index is 0.178. The lowest BCUT2D eigenvalue weighted by molar-refractivity contribution is -0.120. The van der Waals surface area contributed by atoms with Gasteiger partial charge in [-0.1, -0.05) is 13.8 Å². The summed E-state index contributed by atoms with van der Waals surface area (Å²) in [6.45, 7) is 8.22. The molecule has 0 aromatic carbocycles. The van der Waals surface area contributed by atoms with Gasteiger partial charge in [-0.2, -0.15) is 0 Å². The molecule has 2 aromatic rings. The van der Waals surface area contributed by atoms with E-state index in [2.05, 4.69) is 13.8 Å². The third-order valence-electron chi connectivity index (χ3n) is 4.24. The van der Waals surface area contributed by atoms with Gasteiger partial charge in [0, 0.05) is 24.7 Å². The van der Waals surface area contributed by atoms with Crippen molar-refractivity contribution in [3.63, 3.8) is 0 Å². The molecule has 0 bridgehead atoms. The molecule has 2 unspecified atom stereocenters. The molecule has 2 rings (SSSR count). The highest BCUT2D eigenvalue weighted by Gasteiger charge is 2.22. The zero-order valence-corrected chi connectivity index (χ0v) is 14.0. The second-order valence-corrected chi connectivity index (χ2v) is 6.21. The molecule has 0 aliphatic heterocycles. The van der Waals surface area contributed by atoms with Gasteiger partial charge < -0.3 is 8.83 Å². The Morgan fingerprint density at radius 1 is 0.909 bits per heavy atom. The Hall–Kier alpha value is -1.77. The van der Waals surface area contributed by atoms with Gasteiger partial charge >= 0.3 is 0 Å². The van der Waals surface area contributed by atoms with E-state index in [0.717, 1.165) is 35.5 Å². The molecule has 0 aliphatic carbocycles. The zero-order valence-electron chi connectivity index (χ0n) is 14.0. The number of Topliss-reactive ketones (excluding diaryl/α,β-unsaturated/α-hetero) is 1. The Morgan fingerprint density at radius 3 is 1.59 bits per heavy atom. The summed E-state index contributed by atoms with van der Waals surface area (Å²) in [5.74, 6) is 2.49. The van der Waals surface area contributed by atoms with Crippen molar-refractivity contribution in [2.24, 2.45) is 0 Å². The standard InChI is InChI=1S/C19H26O3/c1-5-15(18-7-13(3)11-21-18)9-17(20)10-16(6-2)19-8-14(4)12-22-19/h7-8,11-12,15-16H,5-6,9-10H2,1-4H3. The minimum atomic E-state index is 0.178. The number of aryl methyl sites for hydroxylation is 2. The molecule has 2 heterocycles. The topological polar surface area (TPSA) is 43.4 Å². The van der Waals surface area contributed by atoms with Gasteiger partial charge in [-0.05, 0) is 49.9 Å². The largest absolute Gasteiger partial charge is 0.469 e. The molecular formula is C19H26O3. The van der Waals surface area contributed by atoms with Gasteiger partial charge in [-0.25, -0.2) is 0 Å². The van der Waals surface area contributed by atoms with Crippen LogP contribution in [-0.4, -0.2) is 5.78 Å². The van der Waals surface area contributed by atoms with Crippen molar-refractivity contribution in [1.29, 1.82) is 0 Å². The van der Waals surface area contributed by atoms with Crippen LogP contribution in [0, 0.1) is 13.8 Å². The van der Waals surface area contributed by atoms with Crippen LogP contribution in [0.4, 0.5) is 0 Å². The van der Waals surface area contributed by atoms with Crippen molar-refractivity contribution in [3.8, 4) is 0 Å². The van der Waals surface area contributed by atoms with Crippen LogP contribution in [0.5, 0.6) is 0 Å². The van der Waals surface area contributed by atoms with Crippen molar-refractivity contribution in [2.75, 3.05) is 0 Å². The van der Waals surface area contributed by atoms with E-state index in [1.807, 2.05) is 26.0 Å². The predicted molar refractivity (Wildman–Crippen MR) is 87.2 cm³/mol. The summed E-state index contributed by atoms with van der Waals surface area (Å²) in [4.78, 5) is 12.5. The Bertz CT molecular complexity index is 553. The summed E-state index contributed by atoms with van der Waals surface area (Å²) in [5, 5.41) is 0. The molecule has 3 heteroatoms. The number of rotatable bonds is 8. The zero-order chi connectivity index (χ0) is 16.1. The molecule has 120 valence electrons. The lowest BCUT2D eigenvalue weighted by atomic mass is 9.90. The summed E-state index contributed by atoms with van der Waals surface area (Å²) in [7, 11) is 0. The molecule has 2 atom stereocenters. The molecule has 0 spiro atoms. The van der Waals surface area contributed by atoms with Crippen molar-refractivity contribution in [3.05, 3.63) is 47.3 Å². The minimum Gasteiger partial charge on any atom is -0.469 e. The average Bonchev–Trinajstić information content (AvgIpc) is 3.11. The van der Waals surface area contributed by atoms with E-state index in [1.54, 1.807) is 12.5 Å². The molecule has 2 aromatic heterocycles. The van der Waals surface area contributed by atoms with Crippen LogP contribution in [0.15, 0.2) is 33.5 Å². The first-order chi connectivity index (χ1) is 10.5. The lowest BCUT2D eigenvalue weighted by Gasteiger charge is -2.14. The number of carbonyl (C=O) groups excluding carboxylic acids is 1. The monoisotopic (exact) mass is 302 g/mol. The molecule has 22 heavy (non-hydrogen) atoms. The molecule has 0 aliphatic rings. The van der Waals surface area contributed by atoms with E-state index < -0.39 is 0 Å². The first-order valence-electron chi connectivity index (χ1n) is 8.15. The highest BCUT2D eigenvalue weighted by atomic mass is 16.3. The van der Waals surface area contributed by atoms with Crippen molar-refractivity contribution < 1.29 is 13.6 Å². The summed E-state index contributed by atoms with van der Waals surface area (Å²) < 4.78 is 11.1. The van der Waals surface area contributed by atoms with Crippen molar-refractivity contribution in [2.45, 2.75) is 65.2 Å². The van der Waals surface area contributed by atoms with Gasteiger partial charge in [0.25, 0.3) is 0 Å². The maximum absolute atomic E-state index is 12.5.